The van der Waals surface area contributed by atoms with Crippen LogP contribution in [0.2, 0.25) is 0 Å². The van der Waals surface area contributed by atoms with E-state index in [2.05, 4.69) is 20.5 Å². The number of pyridine rings is 1. The maximum atomic E-state index is 14.0. The molecule has 3 aromatic rings. The molecule has 0 spiro atoms. The van der Waals surface area contributed by atoms with Crippen molar-refractivity contribution in [1.29, 1.82) is 0 Å². The van der Waals surface area contributed by atoms with Gasteiger partial charge >= 0.3 is 0 Å². The van der Waals surface area contributed by atoms with Gasteiger partial charge < -0.3 is 11.1 Å². The van der Waals surface area contributed by atoms with Crippen LogP contribution in [0.5, 0.6) is 0 Å². The van der Waals surface area contributed by atoms with Crippen molar-refractivity contribution in [2.75, 3.05) is 0 Å². The average molecular weight is 353 g/mol. The third kappa shape index (κ3) is 3.17. The first-order valence-corrected chi connectivity index (χ1v) is 8.77. The Labute approximate surface area is 150 Å². The fraction of sp³-hybridized carbons (Fsp3) is 0.316. The van der Waals surface area contributed by atoms with E-state index in [4.69, 9.17) is 5.73 Å². The molecule has 4 N–H and O–H groups in total. The lowest BCUT2D eigenvalue weighted by Gasteiger charge is -2.26. The van der Waals surface area contributed by atoms with Gasteiger partial charge in [-0.2, -0.15) is 9.49 Å². The monoisotopic (exact) mass is 353 g/mol. The zero-order chi connectivity index (χ0) is 18.1. The maximum Gasteiger partial charge on any atom is 0.272 e. The number of rotatable bonds is 3. The topological polar surface area (TPSA) is 96.7 Å². The fourth-order valence-corrected chi connectivity index (χ4v) is 3.47. The molecule has 1 aliphatic carbocycles. The van der Waals surface area contributed by atoms with Crippen LogP contribution >= 0.6 is 0 Å². The van der Waals surface area contributed by atoms with Crippen LogP contribution in [-0.2, 0) is 0 Å². The molecule has 6 nitrogen and oxygen atoms in total. The highest BCUT2D eigenvalue weighted by Crippen LogP contribution is 2.27. The predicted octanol–water partition coefficient (Wildman–Crippen LogP) is 2.76. The van der Waals surface area contributed by atoms with E-state index in [0.29, 0.717) is 22.2 Å². The lowest BCUT2D eigenvalue weighted by Crippen LogP contribution is -2.40. The van der Waals surface area contributed by atoms with Gasteiger partial charge in [0.2, 0.25) is 5.95 Å². The Morgan fingerprint density at radius 2 is 2.04 bits per heavy atom. The minimum Gasteiger partial charge on any atom is -0.348 e. The molecule has 134 valence electrons. The number of hydrogen-bond acceptors (Lipinski definition) is 4. The minimum absolute atomic E-state index is 0.119. The van der Waals surface area contributed by atoms with Crippen molar-refractivity contribution < 1.29 is 9.18 Å². The van der Waals surface area contributed by atoms with Crippen LogP contribution in [0.1, 0.15) is 36.2 Å². The summed E-state index contributed by atoms with van der Waals surface area (Å²) < 4.78 is 14.0. The zero-order valence-electron chi connectivity index (χ0n) is 14.2. The summed E-state index contributed by atoms with van der Waals surface area (Å²) in [5.74, 6) is -0.763. The van der Waals surface area contributed by atoms with Crippen LogP contribution in [0.15, 0.2) is 36.5 Å². The Morgan fingerprint density at radius 1 is 1.23 bits per heavy atom. The average Bonchev–Trinajstić information content (AvgIpc) is 3.07. The highest BCUT2D eigenvalue weighted by Gasteiger charge is 2.23. The van der Waals surface area contributed by atoms with Crippen molar-refractivity contribution in [3.8, 4) is 11.1 Å². The summed E-state index contributed by atoms with van der Waals surface area (Å²) in [6.07, 6.45) is 4.99. The predicted molar refractivity (Wildman–Crippen MR) is 97.0 cm³/mol. The van der Waals surface area contributed by atoms with Crippen molar-refractivity contribution in [3.05, 3.63) is 48.2 Å². The van der Waals surface area contributed by atoms with Gasteiger partial charge in [0, 0.05) is 29.2 Å². The zero-order valence-corrected chi connectivity index (χ0v) is 14.2. The molecule has 7 heteroatoms. The number of nitrogens with one attached hydrogen (secondary N) is 2. The molecule has 0 bridgehead atoms. The van der Waals surface area contributed by atoms with Crippen LogP contribution in [0.4, 0.5) is 4.39 Å². The van der Waals surface area contributed by atoms with Crippen molar-refractivity contribution >= 4 is 16.8 Å². The summed E-state index contributed by atoms with van der Waals surface area (Å²) in [4.78, 5) is 16.4. The molecule has 1 saturated carbocycles. The smallest absolute Gasteiger partial charge is 0.272 e. The summed E-state index contributed by atoms with van der Waals surface area (Å²) >= 11 is 0. The molecule has 4 rings (SSSR count). The summed E-state index contributed by atoms with van der Waals surface area (Å²) in [5, 5.41) is 10.7. The van der Waals surface area contributed by atoms with Crippen LogP contribution in [0.25, 0.3) is 22.0 Å². The quantitative estimate of drug-likeness (QED) is 0.631. The number of aromatic nitrogens is 3. The van der Waals surface area contributed by atoms with Gasteiger partial charge in [0.05, 0.1) is 5.52 Å². The number of carbonyl (C=O) groups excluding carboxylic acids is 1. The van der Waals surface area contributed by atoms with E-state index in [9.17, 15) is 9.18 Å². The van der Waals surface area contributed by atoms with E-state index >= 15 is 0 Å². The van der Waals surface area contributed by atoms with Crippen LogP contribution in [-0.4, -0.2) is 33.2 Å². The Morgan fingerprint density at radius 3 is 2.81 bits per heavy atom. The van der Waals surface area contributed by atoms with E-state index in [1.807, 2.05) is 0 Å². The van der Waals surface area contributed by atoms with Gasteiger partial charge in [-0.25, -0.2) is 4.98 Å². The molecule has 0 saturated heterocycles. The van der Waals surface area contributed by atoms with E-state index < -0.39 is 5.95 Å². The molecule has 2 heterocycles. The molecule has 1 aliphatic rings. The number of amides is 1. The van der Waals surface area contributed by atoms with Crippen LogP contribution in [0.3, 0.4) is 0 Å². The lowest BCUT2D eigenvalue weighted by atomic mass is 9.92. The third-order valence-corrected chi connectivity index (χ3v) is 4.96. The summed E-state index contributed by atoms with van der Waals surface area (Å²) in [6.45, 7) is 0. The number of hydrogen-bond donors (Lipinski definition) is 3. The Kier molecular flexibility index (Phi) is 4.38. The molecule has 2 aromatic heterocycles. The molecule has 0 radical (unpaired) electrons. The molecular formula is C19H20FN5O. The second kappa shape index (κ2) is 6.84. The number of H-pyrrole nitrogens is 1. The van der Waals surface area contributed by atoms with Crippen molar-refractivity contribution in [1.82, 2.24) is 20.5 Å². The van der Waals surface area contributed by atoms with Crippen molar-refractivity contribution in [3.63, 3.8) is 0 Å². The molecule has 1 fully saturated rings. The standard InChI is InChI=1S/C19H20FN5O/c20-18-14(2-1-9-22-18)11-3-8-16-15(10-11)17(25-24-16)19(26)23-13-6-4-12(21)5-7-13/h1-3,8-10,12-13H,4-7,21H2,(H,23,26)(H,24,25)/t12-,13+. The first-order valence-electron chi connectivity index (χ1n) is 8.77. The normalized spacial score (nSPS) is 20.2. The van der Waals surface area contributed by atoms with Gasteiger partial charge in [-0.05, 0) is 55.5 Å². The van der Waals surface area contributed by atoms with E-state index in [-0.39, 0.29) is 18.0 Å². The SMILES string of the molecule is N[C@H]1CC[C@@H](NC(=O)c2n[nH]c3ccc(-c4cccnc4F)cc23)CC1. The number of halogens is 1. The molecule has 0 unspecified atom stereocenters. The lowest BCUT2D eigenvalue weighted by molar-refractivity contribution is 0.0922. The van der Waals surface area contributed by atoms with Gasteiger partial charge in [0.1, 0.15) is 0 Å². The number of fused-ring (bicyclic) bond motifs is 1. The molecule has 0 aliphatic heterocycles. The molecule has 0 atom stereocenters. The Bertz CT molecular complexity index is 946. The van der Waals surface area contributed by atoms with Crippen LogP contribution in [0, 0.1) is 5.95 Å². The first-order chi connectivity index (χ1) is 12.6. The summed E-state index contributed by atoms with van der Waals surface area (Å²) in [5.41, 5.74) is 8.01. The second-order valence-corrected chi connectivity index (χ2v) is 6.76. The molecule has 26 heavy (non-hydrogen) atoms. The highest BCUT2D eigenvalue weighted by atomic mass is 19.1. The van der Waals surface area contributed by atoms with Crippen molar-refractivity contribution in [2.24, 2.45) is 5.73 Å². The number of nitrogens with two attached hydrogens (primary N) is 1. The van der Waals surface area contributed by atoms with E-state index in [0.717, 1.165) is 31.2 Å². The van der Waals surface area contributed by atoms with Gasteiger partial charge in [-0.3, -0.25) is 9.89 Å². The van der Waals surface area contributed by atoms with Gasteiger partial charge in [-0.15, -0.1) is 0 Å². The minimum atomic E-state index is -0.542. The number of nitrogens with zero attached hydrogens (tertiary/aromatic N) is 2. The summed E-state index contributed by atoms with van der Waals surface area (Å²) in [6, 6.07) is 9.03. The van der Waals surface area contributed by atoms with E-state index in [1.165, 1.54) is 6.20 Å². The number of carbonyl (C=O) groups is 1. The third-order valence-electron chi connectivity index (χ3n) is 4.96. The van der Waals surface area contributed by atoms with Gasteiger partial charge in [0.25, 0.3) is 5.91 Å². The number of aromatic amines is 1. The van der Waals surface area contributed by atoms with E-state index in [1.54, 1.807) is 30.3 Å². The molecular weight excluding hydrogens is 333 g/mol. The van der Waals surface area contributed by atoms with Crippen molar-refractivity contribution in [2.45, 2.75) is 37.8 Å². The highest BCUT2D eigenvalue weighted by molar-refractivity contribution is 6.05. The Hall–Kier alpha value is -2.80. The second-order valence-electron chi connectivity index (χ2n) is 6.76. The van der Waals surface area contributed by atoms with Gasteiger partial charge in [0.15, 0.2) is 5.69 Å². The summed E-state index contributed by atoms with van der Waals surface area (Å²) in [7, 11) is 0. The molecule has 1 amide bonds. The largest absolute Gasteiger partial charge is 0.348 e. The molecule has 1 aromatic carbocycles. The first kappa shape index (κ1) is 16.7. The fourth-order valence-electron chi connectivity index (χ4n) is 3.47. The Balaban J connectivity index is 1.62. The van der Waals surface area contributed by atoms with Gasteiger partial charge in [-0.1, -0.05) is 6.07 Å². The maximum absolute atomic E-state index is 14.0. The number of benzene rings is 1. The van der Waals surface area contributed by atoms with Crippen LogP contribution < -0.4 is 11.1 Å².